The maximum Gasteiger partial charge on any atom is 0.326 e. The van der Waals surface area contributed by atoms with Gasteiger partial charge in [-0.2, -0.15) is 4.31 Å². The maximum absolute atomic E-state index is 12.9. The van der Waals surface area contributed by atoms with Gasteiger partial charge in [0.15, 0.2) is 0 Å². The minimum atomic E-state index is -3.85. The molecule has 0 aromatic heterocycles. The molecule has 0 unspecified atom stereocenters. The molecule has 2 aliphatic rings. The van der Waals surface area contributed by atoms with E-state index in [9.17, 15) is 28.2 Å². The highest BCUT2D eigenvalue weighted by atomic mass is 32.2. The number of carboxylic acid groups (broad SMARTS) is 1. The van der Waals surface area contributed by atoms with Crippen LogP contribution in [0, 0.1) is 6.92 Å². The van der Waals surface area contributed by atoms with E-state index < -0.39 is 40.1 Å². The number of aliphatic hydroxyl groups is 1. The predicted molar refractivity (Wildman–Crippen MR) is 91.9 cm³/mol. The number of benzene rings is 1. The molecule has 8 nitrogen and oxygen atoms in total. The molecule has 3 atom stereocenters. The Kier molecular flexibility index (Phi) is 5.05. The molecular weight excluding hydrogens is 360 g/mol. The van der Waals surface area contributed by atoms with E-state index in [0.717, 1.165) is 14.8 Å². The third-order valence-electron chi connectivity index (χ3n) is 4.96. The fourth-order valence-corrected chi connectivity index (χ4v) is 5.25. The summed E-state index contributed by atoms with van der Waals surface area (Å²) >= 11 is 0. The molecule has 3 rings (SSSR count). The summed E-state index contributed by atoms with van der Waals surface area (Å²) in [5.41, 5.74) is 0.924. The lowest BCUT2D eigenvalue weighted by atomic mass is 10.1. The van der Waals surface area contributed by atoms with Gasteiger partial charge in [-0.15, -0.1) is 0 Å². The Bertz CT molecular complexity index is 807. The third-order valence-corrected chi connectivity index (χ3v) is 6.89. The van der Waals surface area contributed by atoms with Gasteiger partial charge in [0, 0.05) is 19.5 Å². The summed E-state index contributed by atoms with van der Waals surface area (Å²) in [4.78, 5) is 25.5. The number of aryl methyl sites for hydroxylation is 1. The molecule has 2 N–H and O–H groups in total. The molecule has 26 heavy (non-hydrogen) atoms. The Hall–Kier alpha value is -1.97. The highest BCUT2D eigenvalue weighted by Crippen LogP contribution is 2.30. The normalized spacial score (nSPS) is 27.0. The predicted octanol–water partition coefficient (Wildman–Crippen LogP) is 0.195. The molecule has 1 amide bonds. The van der Waals surface area contributed by atoms with Crippen LogP contribution in [0.1, 0.15) is 24.8 Å². The summed E-state index contributed by atoms with van der Waals surface area (Å²) in [6.45, 7) is 1.97. The van der Waals surface area contributed by atoms with Crippen LogP contribution in [-0.4, -0.2) is 71.0 Å². The number of hydrogen-bond acceptors (Lipinski definition) is 5. The topological polar surface area (TPSA) is 115 Å². The summed E-state index contributed by atoms with van der Waals surface area (Å²) in [5, 5.41) is 19.0. The summed E-state index contributed by atoms with van der Waals surface area (Å²) in [6, 6.07) is 4.33. The number of carbonyl (C=O) groups is 2. The molecule has 142 valence electrons. The zero-order valence-electron chi connectivity index (χ0n) is 14.4. The molecule has 2 aliphatic heterocycles. The molecule has 2 saturated heterocycles. The fraction of sp³-hybridized carbons (Fsp3) is 0.529. The van der Waals surface area contributed by atoms with Gasteiger partial charge >= 0.3 is 5.97 Å². The van der Waals surface area contributed by atoms with Crippen molar-refractivity contribution >= 4 is 21.9 Å². The summed E-state index contributed by atoms with van der Waals surface area (Å²) in [5.74, 6) is -1.75. The van der Waals surface area contributed by atoms with Gasteiger partial charge in [-0.25, -0.2) is 13.2 Å². The van der Waals surface area contributed by atoms with Crippen molar-refractivity contribution < 1.29 is 28.2 Å². The second-order valence-electron chi connectivity index (χ2n) is 6.82. The molecule has 0 saturated carbocycles. The molecule has 0 spiro atoms. The highest BCUT2D eigenvalue weighted by molar-refractivity contribution is 7.89. The van der Waals surface area contributed by atoms with E-state index in [1.165, 1.54) is 12.1 Å². The first-order chi connectivity index (χ1) is 12.2. The number of amides is 1. The molecular formula is C17H22N2O6S. The van der Waals surface area contributed by atoms with E-state index in [-0.39, 0.29) is 24.4 Å². The molecule has 9 heteroatoms. The SMILES string of the molecule is Cc1ccc(S(=O)(=O)N2CCC[C@@H]2C(=O)N2C[C@@H](O)C[C@@H]2C(=O)O)cc1. The standard InChI is InChI=1S/C17H22N2O6S/c1-11-4-6-13(7-5-11)26(24,25)19-8-2-3-14(19)16(21)18-10-12(20)9-15(18)17(22)23/h4-7,12,14-15,20H,2-3,8-10H2,1H3,(H,22,23)/t12-,14+,15+/m0/s1. The van der Waals surface area contributed by atoms with Crippen molar-refractivity contribution in [1.82, 2.24) is 9.21 Å². The summed E-state index contributed by atoms with van der Waals surface area (Å²) in [6.07, 6.45) is -0.0969. The number of β-amino-alcohol motifs (C(OH)–C–C–N with tert-alkyl or cyclic N) is 1. The Morgan fingerprint density at radius 1 is 1.15 bits per heavy atom. The van der Waals surface area contributed by atoms with Crippen molar-refractivity contribution in [2.75, 3.05) is 13.1 Å². The molecule has 0 aliphatic carbocycles. The Balaban J connectivity index is 1.87. The number of rotatable bonds is 4. The number of aliphatic carboxylic acids is 1. The summed E-state index contributed by atoms with van der Waals surface area (Å²) in [7, 11) is -3.85. The molecule has 1 aromatic rings. The van der Waals surface area contributed by atoms with Crippen molar-refractivity contribution in [2.45, 2.75) is 49.3 Å². The van der Waals surface area contributed by atoms with Crippen LogP contribution < -0.4 is 0 Å². The molecule has 2 heterocycles. The van der Waals surface area contributed by atoms with Crippen molar-refractivity contribution in [3.8, 4) is 0 Å². The highest BCUT2D eigenvalue weighted by Gasteiger charge is 2.46. The van der Waals surface area contributed by atoms with Crippen LogP contribution in [0.15, 0.2) is 29.2 Å². The second kappa shape index (κ2) is 6.98. The van der Waals surface area contributed by atoms with E-state index in [4.69, 9.17) is 0 Å². The number of likely N-dealkylation sites (tertiary alicyclic amines) is 1. The van der Waals surface area contributed by atoms with Crippen molar-refractivity contribution in [3.05, 3.63) is 29.8 Å². The first-order valence-corrected chi connectivity index (χ1v) is 9.95. The molecule has 0 bridgehead atoms. The van der Waals surface area contributed by atoms with Gasteiger partial charge in [0.2, 0.25) is 15.9 Å². The zero-order chi connectivity index (χ0) is 19.1. The molecule has 0 radical (unpaired) electrons. The van der Waals surface area contributed by atoms with E-state index in [0.29, 0.717) is 12.8 Å². The average molecular weight is 382 g/mol. The van der Waals surface area contributed by atoms with E-state index in [1.807, 2.05) is 6.92 Å². The fourth-order valence-electron chi connectivity index (χ4n) is 3.60. The maximum atomic E-state index is 12.9. The monoisotopic (exact) mass is 382 g/mol. The van der Waals surface area contributed by atoms with Crippen LogP contribution in [0.25, 0.3) is 0 Å². The van der Waals surface area contributed by atoms with Gasteiger partial charge in [-0.05, 0) is 31.9 Å². The van der Waals surface area contributed by atoms with Gasteiger partial charge in [-0.3, -0.25) is 4.79 Å². The van der Waals surface area contributed by atoms with Crippen LogP contribution in [0.3, 0.4) is 0 Å². The van der Waals surface area contributed by atoms with E-state index >= 15 is 0 Å². The van der Waals surface area contributed by atoms with Gasteiger partial charge in [0.05, 0.1) is 11.0 Å². The zero-order valence-corrected chi connectivity index (χ0v) is 15.2. The van der Waals surface area contributed by atoms with Gasteiger partial charge in [0.1, 0.15) is 12.1 Å². The van der Waals surface area contributed by atoms with Crippen LogP contribution in [0.5, 0.6) is 0 Å². The number of carboxylic acids is 1. The molecule has 1 aromatic carbocycles. The van der Waals surface area contributed by atoms with Crippen molar-refractivity contribution in [3.63, 3.8) is 0 Å². The number of hydrogen-bond donors (Lipinski definition) is 2. The summed E-state index contributed by atoms with van der Waals surface area (Å²) < 4.78 is 27.0. The quantitative estimate of drug-likeness (QED) is 0.768. The first kappa shape index (κ1) is 18.8. The largest absolute Gasteiger partial charge is 0.480 e. The lowest BCUT2D eigenvalue weighted by molar-refractivity contribution is -0.149. The average Bonchev–Trinajstić information content (AvgIpc) is 3.21. The van der Waals surface area contributed by atoms with Crippen molar-refractivity contribution in [1.29, 1.82) is 0 Å². The number of sulfonamides is 1. The first-order valence-electron chi connectivity index (χ1n) is 8.51. The third kappa shape index (κ3) is 3.34. The Labute approximate surface area is 152 Å². The van der Waals surface area contributed by atoms with Crippen LogP contribution in [0.4, 0.5) is 0 Å². The van der Waals surface area contributed by atoms with Crippen LogP contribution >= 0.6 is 0 Å². The smallest absolute Gasteiger partial charge is 0.326 e. The Morgan fingerprint density at radius 2 is 1.81 bits per heavy atom. The van der Waals surface area contributed by atoms with Gasteiger partial charge < -0.3 is 15.1 Å². The lowest BCUT2D eigenvalue weighted by Crippen LogP contribution is -2.51. The van der Waals surface area contributed by atoms with E-state index in [1.54, 1.807) is 12.1 Å². The van der Waals surface area contributed by atoms with Gasteiger partial charge in [-0.1, -0.05) is 17.7 Å². The molecule has 2 fully saturated rings. The van der Waals surface area contributed by atoms with Gasteiger partial charge in [0.25, 0.3) is 0 Å². The van der Waals surface area contributed by atoms with E-state index in [2.05, 4.69) is 0 Å². The minimum Gasteiger partial charge on any atom is -0.480 e. The number of carbonyl (C=O) groups excluding carboxylic acids is 1. The van der Waals surface area contributed by atoms with Crippen LogP contribution in [-0.2, 0) is 19.6 Å². The number of aliphatic hydroxyl groups excluding tert-OH is 1. The Morgan fingerprint density at radius 3 is 2.42 bits per heavy atom. The minimum absolute atomic E-state index is 0.0431. The lowest BCUT2D eigenvalue weighted by Gasteiger charge is -2.29. The van der Waals surface area contributed by atoms with Crippen LogP contribution in [0.2, 0.25) is 0 Å². The van der Waals surface area contributed by atoms with Crippen molar-refractivity contribution in [2.24, 2.45) is 0 Å². The number of nitrogens with zero attached hydrogens (tertiary/aromatic N) is 2. The second-order valence-corrected chi connectivity index (χ2v) is 8.71.